The lowest BCUT2D eigenvalue weighted by Crippen LogP contribution is -2.35. The average molecular weight is 410 g/mol. The molecule has 2 aromatic carbocycles. The number of carbonyl (C=O) groups is 3. The summed E-state index contributed by atoms with van der Waals surface area (Å²) in [6.07, 6.45) is 1.47. The van der Waals surface area contributed by atoms with E-state index >= 15 is 0 Å². The summed E-state index contributed by atoms with van der Waals surface area (Å²) in [5, 5.41) is 11.2. The first kappa shape index (κ1) is 20.9. The maximum absolute atomic E-state index is 12.3. The van der Waals surface area contributed by atoms with Gasteiger partial charge in [-0.05, 0) is 43.2 Å². The van der Waals surface area contributed by atoms with E-state index in [4.69, 9.17) is 14.6 Å². The number of hydrogen-bond donors (Lipinski definition) is 2. The van der Waals surface area contributed by atoms with Crippen LogP contribution in [0.2, 0.25) is 0 Å². The number of rotatable bonds is 8. The van der Waals surface area contributed by atoms with Gasteiger partial charge in [-0.25, -0.2) is 9.69 Å². The van der Waals surface area contributed by atoms with Gasteiger partial charge >= 0.3 is 12.0 Å². The number of nitrogens with zero attached hydrogens (tertiary/aromatic N) is 1. The molecular weight excluding hydrogens is 388 g/mol. The fraction of sp³-hybridized carbons (Fsp3) is 0.227. The van der Waals surface area contributed by atoms with Crippen LogP contribution in [-0.2, 0) is 16.2 Å². The van der Waals surface area contributed by atoms with Crippen LogP contribution in [0.3, 0.4) is 0 Å². The second-order valence-electron chi connectivity index (χ2n) is 6.69. The Hall–Kier alpha value is -3.81. The maximum Gasteiger partial charge on any atom is 0.329 e. The van der Waals surface area contributed by atoms with Crippen LogP contribution < -0.4 is 14.8 Å². The molecule has 1 saturated heterocycles. The molecule has 156 valence electrons. The highest BCUT2D eigenvalue weighted by Gasteiger charge is 2.34. The quantitative estimate of drug-likeness (QED) is 0.512. The monoisotopic (exact) mass is 410 g/mol. The Kier molecular flexibility index (Phi) is 6.36. The number of ether oxygens (including phenoxy) is 2. The molecule has 1 fully saturated rings. The standard InChI is InChI=1S/C22H22N2O6/c1-3-29-19-11-15(10-17-21(27)24(12-20(25)26)22(28)23-17)7-8-18(19)30-13-16-6-4-5-14(2)9-16/h4-11H,3,12-13H2,1-2H3,(H,23,28)(H,25,26)/b17-10+. The van der Waals surface area contributed by atoms with E-state index in [1.54, 1.807) is 18.2 Å². The second-order valence-corrected chi connectivity index (χ2v) is 6.69. The van der Waals surface area contributed by atoms with E-state index in [0.29, 0.717) is 35.2 Å². The Morgan fingerprint density at radius 1 is 1.13 bits per heavy atom. The molecule has 30 heavy (non-hydrogen) atoms. The molecule has 0 radical (unpaired) electrons. The number of carbonyl (C=O) groups excluding carboxylic acids is 2. The van der Waals surface area contributed by atoms with Gasteiger partial charge in [0.15, 0.2) is 11.5 Å². The van der Waals surface area contributed by atoms with Crippen molar-refractivity contribution < 1.29 is 29.0 Å². The van der Waals surface area contributed by atoms with Crippen molar-refractivity contribution in [2.24, 2.45) is 0 Å². The lowest BCUT2D eigenvalue weighted by atomic mass is 10.1. The molecule has 0 atom stereocenters. The molecule has 1 heterocycles. The van der Waals surface area contributed by atoms with Crippen LogP contribution in [0.1, 0.15) is 23.6 Å². The first-order valence-corrected chi connectivity index (χ1v) is 9.39. The fourth-order valence-corrected chi connectivity index (χ4v) is 2.98. The molecule has 0 aromatic heterocycles. The highest BCUT2D eigenvalue weighted by molar-refractivity contribution is 6.15. The SMILES string of the molecule is CCOc1cc(/C=C2/NC(=O)N(CC(=O)O)C2=O)ccc1OCc1cccc(C)c1. The van der Waals surface area contributed by atoms with Crippen molar-refractivity contribution in [3.8, 4) is 11.5 Å². The van der Waals surface area contributed by atoms with Crippen LogP contribution in [0, 0.1) is 6.92 Å². The van der Waals surface area contributed by atoms with E-state index in [1.807, 2.05) is 38.1 Å². The molecule has 1 aliphatic heterocycles. The second kappa shape index (κ2) is 9.13. The number of urea groups is 1. The molecule has 0 bridgehead atoms. The highest BCUT2D eigenvalue weighted by atomic mass is 16.5. The molecule has 3 amide bonds. The number of aliphatic carboxylic acids is 1. The summed E-state index contributed by atoms with van der Waals surface area (Å²) < 4.78 is 11.6. The first-order chi connectivity index (χ1) is 14.4. The molecule has 0 saturated carbocycles. The molecule has 0 unspecified atom stereocenters. The number of carboxylic acids is 1. The van der Waals surface area contributed by atoms with Crippen LogP contribution in [-0.4, -0.2) is 41.1 Å². The summed E-state index contributed by atoms with van der Waals surface area (Å²) >= 11 is 0. The normalized spacial score (nSPS) is 14.7. The summed E-state index contributed by atoms with van der Waals surface area (Å²) in [6, 6.07) is 12.4. The Balaban J connectivity index is 1.79. The zero-order valence-corrected chi connectivity index (χ0v) is 16.7. The maximum atomic E-state index is 12.3. The number of hydrogen-bond acceptors (Lipinski definition) is 5. The minimum atomic E-state index is -1.27. The van der Waals surface area contributed by atoms with Crippen LogP contribution in [0.25, 0.3) is 6.08 Å². The van der Waals surface area contributed by atoms with Crippen LogP contribution >= 0.6 is 0 Å². The summed E-state index contributed by atoms with van der Waals surface area (Å²) in [5.74, 6) is -0.915. The van der Waals surface area contributed by atoms with Crippen molar-refractivity contribution in [1.82, 2.24) is 10.2 Å². The fourth-order valence-electron chi connectivity index (χ4n) is 2.98. The van der Waals surface area contributed by atoms with Gasteiger partial charge in [0.2, 0.25) is 0 Å². The minimum absolute atomic E-state index is 0.00266. The molecule has 8 heteroatoms. The van der Waals surface area contributed by atoms with Crippen molar-refractivity contribution in [1.29, 1.82) is 0 Å². The van der Waals surface area contributed by atoms with E-state index in [2.05, 4.69) is 5.32 Å². The third kappa shape index (κ3) is 4.96. The van der Waals surface area contributed by atoms with Gasteiger partial charge < -0.3 is 19.9 Å². The number of aryl methyl sites for hydroxylation is 1. The number of amides is 3. The lowest BCUT2D eigenvalue weighted by molar-refractivity contribution is -0.140. The van der Waals surface area contributed by atoms with Gasteiger partial charge in [0.1, 0.15) is 18.8 Å². The van der Waals surface area contributed by atoms with Crippen molar-refractivity contribution in [3.63, 3.8) is 0 Å². The first-order valence-electron chi connectivity index (χ1n) is 9.39. The van der Waals surface area contributed by atoms with Crippen LogP contribution in [0.15, 0.2) is 48.2 Å². The number of nitrogens with one attached hydrogen (secondary N) is 1. The van der Waals surface area contributed by atoms with Crippen LogP contribution in [0.5, 0.6) is 11.5 Å². The van der Waals surface area contributed by atoms with Crippen molar-refractivity contribution in [2.45, 2.75) is 20.5 Å². The molecule has 1 aliphatic rings. The molecule has 0 spiro atoms. The molecule has 2 aromatic rings. The molecular formula is C22H22N2O6. The molecule has 2 N–H and O–H groups in total. The summed E-state index contributed by atoms with van der Waals surface area (Å²) in [4.78, 5) is 35.6. The predicted octanol–water partition coefficient (Wildman–Crippen LogP) is 2.95. The Morgan fingerprint density at radius 2 is 1.93 bits per heavy atom. The van der Waals surface area contributed by atoms with Crippen molar-refractivity contribution >= 4 is 24.0 Å². The smallest absolute Gasteiger partial charge is 0.329 e. The summed E-state index contributed by atoms with van der Waals surface area (Å²) in [7, 11) is 0. The van der Waals surface area contributed by atoms with Crippen molar-refractivity contribution in [3.05, 3.63) is 64.9 Å². The predicted molar refractivity (Wildman–Crippen MR) is 109 cm³/mol. The topological polar surface area (TPSA) is 105 Å². The van der Waals surface area contributed by atoms with Gasteiger partial charge in [0, 0.05) is 0 Å². The third-order valence-corrected chi connectivity index (χ3v) is 4.31. The zero-order valence-electron chi connectivity index (χ0n) is 16.7. The third-order valence-electron chi connectivity index (χ3n) is 4.31. The van der Waals surface area contributed by atoms with Gasteiger partial charge in [-0.2, -0.15) is 0 Å². The Bertz CT molecular complexity index is 1010. The van der Waals surface area contributed by atoms with Gasteiger partial charge in [0.05, 0.1) is 6.61 Å². The number of benzene rings is 2. The highest BCUT2D eigenvalue weighted by Crippen LogP contribution is 2.30. The Morgan fingerprint density at radius 3 is 2.63 bits per heavy atom. The number of carboxylic acid groups (broad SMARTS) is 1. The Labute approximate surface area is 173 Å². The van der Waals surface area contributed by atoms with Crippen molar-refractivity contribution in [2.75, 3.05) is 13.2 Å². The zero-order chi connectivity index (χ0) is 21.7. The number of imide groups is 1. The summed E-state index contributed by atoms with van der Waals surface area (Å²) in [5.41, 5.74) is 2.77. The van der Waals surface area contributed by atoms with E-state index in [0.717, 1.165) is 11.1 Å². The van der Waals surface area contributed by atoms with Gasteiger partial charge in [-0.15, -0.1) is 0 Å². The van der Waals surface area contributed by atoms with Gasteiger partial charge in [-0.3, -0.25) is 9.59 Å². The molecule has 8 nitrogen and oxygen atoms in total. The average Bonchev–Trinajstić information content (AvgIpc) is 2.95. The van der Waals surface area contributed by atoms with E-state index in [1.165, 1.54) is 6.08 Å². The molecule has 0 aliphatic carbocycles. The van der Waals surface area contributed by atoms with E-state index < -0.39 is 24.5 Å². The minimum Gasteiger partial charge on any atom is -0.490 e. The van der Waals surface area contributed by atoms with E-state index in [9.17, 15) is 14.4 Å². The summed E-state index contributed by atoms with van der Waals surface area (Å²) in [6.45, 7) is 3.96. The largest absolute Gasteiger partial charge is 0.490 e. The van der Waals surface area contributed by atoms with Gasteiger partial charge in [0.25, 0.3) is 5.91 Å². The van der Waals surface area contributed by atoms with E-state index in [-0.39, 0.29) is 5.70 Å². The molecule has 3 rings (SSSR count). The van der Waals surface area contributed by atoms with Gasteiger partial charge in [-0.1, -0.05) is 35.9 Å². The lowest BCUT2D eigenvalue weighted by Gasteiger charge is -2.13. The van der Waals surface area contributed by atoms with Crippen LogP contribution in [0.4, 0.5) is 4.79 Å².